The van der Waals surface area contributed by atoms with Crippen molar-refractivity contribution < 1.29 is 9.59 Å². The summed E-state index contributed by atoms with van der Waals surface area (Å²) in [6, 6.07) is 21.4. The maximum atomic E-state index is 13.7. The van der Waals surface area contributed by atoms with Crippen LogP contribution in [0, 0.1) is 20.8 Å². The Balaban J connectivity index is 1.52. The number of nitrogens with zero attached hydrogens (tertiary/aromatic N) is 2. The van der Waals surface area contributed by atoms with Crippen LogP contribution in [0.1, 0.15) is 35.1 Å². The van der Waals surface area contributed by atoms with Crippen LogP contribution >= 0.6 is 0 Å². The zero-order valence-electron chi connectivity index (χ0n) is 19.9. The molecule has 2 amide bonds. The molecule has 3 aromatic rings. The summed E-state index contributed by atoms with van der Waals surface area (Å²) in [4.78, 5) is 30.9. The van der Waals surface area contributed by atoms with Crippen molar-refractivity contribution in [3.63, 3.8) is 0 Å². The number of carbonyl (C=O) groups excluding carboxylic acids is 2. The first kappa shape index (κ1) is 22.0. The third kappa shape index (κ3) is 3.98. The zero-order chi connectivity index (χ0) is 23.8. The van der Waals surface area contributed by atoms with Gasteiger partial charge in [0.05, 0.1) is 11.3 Å². The lowest BCUT2D eigenvalue weighted by atomic mass is 10.0. The fraction of sp³-hybridized carbons (Fsp3) is 0.241. The molecular formula is C29H29N3O2. The van der Waals surface area contributed by atoms with Crippen molar-refractivity contribution >= 4 is 34.4 Å². The van der Waals surface area contributed by atoms with E-state index in [2.05, 4.69) is 10.2 Å². The summed E-state index contributed by atoms with van der Waals surface area (Å²) in [5, 5.41) is 3.27. The van der Waals surface area contributed by atoms with Crippen LogP contribution in [-0.4, -0.2) is 24.9 Å². The number of rotatable bonds is 5. The topological polar surface area (TPSA) is 52.7 Å². The van der Waals surface area contributed by atoms with E-state index in [1.54, 1.807) is 0 Å². The SMILES string of the molecule is Cc1ccc(C2=C(Nc3ccc(C)c(C)c3)C(=O)N(c3ccc(N4CCCC4)cc3)C2=O)cc1. The monoisotopic (exact) mass is 451 g/mol. The van der Waals surface area contributed by atoms with Gasteiger partial charge in [-0.3, -0.25) is 9.59 Å². The molecule has 3 aromatic carbocycles. The number of hydrogen-bond donors (Lipinski definition) is 1. The average molecular weight is 452 g/mol. The number of imide groups is 1. The van der Waals surface area contributed by atoms with Gasteiger partial charge in [0.15, 0.2) is 0 Å². The standard InChI is InChI=1S/C29H29N3O2/c1-19-6-9-22(10-7-19)26-27(30-23-11-8-20(2)21(3)18-23)29(34)32(28(26)33)25-14-12-24(13-15-25)31-16-4-5-17-31/h6-15,18,30H,4-5,16-17H2,1-3H3. The van der Waals surface area contributed by atoms with E-state index in [9.17, 15) is 9.59 Å². The number of aryl methyl sites for hydroxylation is 3. The Morgan fingerprint density at radius 2 is 1.35 bits per heavy atom. The van der Waals surface area contributed by atoms with Crippen LogP contribution in [0.4, 0.5) is 17.1 Å². The quantitative estimate of drug-likeness (QED) is 0.513. The molecule has 0 aliphatic carbocycles. The maximum absolute atomic E-state index is 13.7. The predicted molar refractivity (Wildman–Crippen MR) is 138 cm³/mol. The van der Waals surface area contributed by atoms with E-state index in [1.807, 2.05) is 87.5 Å². The lowest BCUT2D eigenvalue weighted by Crippen LogP contribution is -2.32. The second kappa shape index (κ2) is 8.82. The Labute approximate surface area is 200 Å². The molecule has 0 radical (unpaired) electrons. The lowest BCUT2D eigenvalue weighted by molar-refractivity contribution is -0.120. The molecule has 2 heterocycles. The van der Waals surface area contributed by atoms with Gasteiger partial charge in [-0.25, -0.2) is 4.90 Å². The van der Waals surface area contributed by atoms with Gasteiger partial charge in [0.2, 0.25) is 0 Å². The van der Waals surface area contributed by atoms with Gasteiger partial charge in [-0.15, -0.1) is 0 Å². The molecule has 34 heavy (non-hydrogen) atoms. The minimum atomic E-state index is -0.340. The molecule has 1 fully saturated rings. The van der Waals surface area contributed by atoms with Crippen LogP contribution in [0.5, 0.6) is 0 Å². The minimum absolute atomic E-state index is 0.306. The Hall–Kier alpha value is -3.86. The van der Waals surface area contributed by atoms with Crippen molar-refractivity contribution in [3.05, 3.63) is 94.7 Å². The van der Waals surface area contributed by atoms with Gasteiger partial charge < -0.3 is 10.2 Å². The molecule has 1 N–H and O–H groups in total. The number of nitrogens with one attached hydrogen (secondary N) is 1. The number of benzene rings is 3. The van der Waals surface area contributed by atoms with Crippen molar-refractivity contribution in [2.24, 2.45) is 0 Å². The third-order valence-corrected chi connectivity index (χ3v) is 6.78. The Bertz CT molecular complexity index is 1280. The molecule has 0 bridgehead atoms. The summed E-state index contributed by atoms with van der Waals surface area (Å²) < 4.78 is 0. The van der Waals surface area contributed by atoms with Crippen LogP contribution < -0.4 is 15.1 Å². The molecule has 0 spiro atoms. The molecule has 1 saturated heterocycles. The highest BCUT2D eigenvalue weighted by Gasteiger charge is 2.40. The van der Waals surface area contributed by atoms with E-state index in [-0.39, 0.29) is 11.8 Å². The molecule has 0 atom stereocenters. The van der Waals surface area contributed by atoms with E-state index in [0.29, 0.717) is 17.0 Å². The lowest BCUT2D eigenvalue weighted by Gasteiger charge is -2.20. The molecule has 5 heteroatoms. The summed E-state index contributed by atoms with van der Waals surface area (Å²) in [5.74, 6) is -0.651. The Morgan fingerprint density at radius 3 is 2.00 bits per heavy atom. The molecule has 2 aliphatic rings. The van der Waals surface area contributed by atoms with Crippen LogP contribution in [0.3, 0.4) is 0 Å². The normalized spacial score (nSPS) is 16.1. The summed E-state index contributed by atoms with van der Waals surface area (Å²) in [6.07, 6.45) is 2.39. The van der Waals surface area contributed by atoms with Crippen molar-refractivity contribution in [3.8, 4) is 0 Å². The van der Waals surface area contributed by atoms with E-state index < -0.39 is 0 Å². The summed E-state index contributed by atoms with van der Waals surface area (Å²) in [6.45, 7) is 8.18. The van der Waals surface area contributed by atoms with Crippen LogP contribution in [0.15, 0.2) is 72.4 Å². The molecule has 0 aromatic heterocycles. The second-order valence-corrected chi connectivity index (χ2v) is 9.20. The molecule has 5 rings (SSSR count). The van der Waals surface area contributed by atoms with Gasteiger partial charge in [0.1, 0.15) is 5.70 Å². The molecular weight excluding hydrogens is 422 g/mol. The molecule has 2 aliphatic heterocycles. The van der Waals surface area contributed by atoms with E-state index in [1.165, 1.54) is 23.3 Å². The number of amides is 2. The molecule has 0 saturated carbocycles. The summed E-state index contributed by atoms with van der Waals surface area (Å²) >= 11 is 0. The Morgan fingerprint density at radius 1 is 0.706 bits per heavy atom. The predicted octanol–water partition coefficient (Wildman–Crippen LogP) is 5.61. The Kier molecular flexibility index (Phi) is 5.70. The highest BCUT2D eigenvalue weighted by molar-refractivity contribution is 6.46. The smallest absolute Gasteiger partial charge is 0.282 e. The fourth-order valence-electron chi connectivity index (χ4n) is 4.62. The first-order chi connectivity index (χ1) is 16.4. The van der Waals surface area contributed by atoms with Crippen molar-refractivity contribution in [2.45, 2.75) is 33.6 Å². The van der Waals surface area contributed by atoms with Gasteiger partial charge >= 0.3 is 0 Å². The molecule has 0 unspecified atom stereocenters. The van der Waals surface area contributed by atoms with Crippen LogP contribution in [0.25, 0.3) is 5.57 Å². The number of carbonyl (C=O) groups is 2. The summed E-state index contributed by atoms with van der Waals surface area (Å²) in [7, 11) is 0. The third-order valence-electron chi connectivity index (χ3n) is 6.78. The van der Waals surface area contributed by atoms with Crippen molar-refractivity contribution in [2.75, 3.05) is 28.2 Å². The molecule has 5 nitrogen and oxygen atoms in total. The van der Waals surface area contributed by atoms with E-state index in [0.717, 1.165) is 41.2 Å². The van der Waals surface area contributed by atoms with E-state index >= 15 is 0 Å². The van der Waals surface area contributed by atoms with Gasteiger partial charge in [-0.05, 0) is 86.7 Å². The minimum Gasteiger partial charge on any atom is -0.372 e. The largest absolute Gasteiger partial charge is 0.372 e. The average Bonchev–Trinajstić information content (AvgIpc) is 3.45. The van der Waals surface area contributed by atoms with Crippen molar-refractivity contribution in [1.82, 2.24) is 0 Å². The van der Waals surface area contributed by atoms with Gasteiger partial charge in [0, 0.05) is 24.5 Å². The highest BCUT2D eigenvalue weighted by atomic mass is 16.2. The summed E-state index contributed by atoms with van der Waals surface area (Å²) in [5.41, 5.74) is 7.31. The first-order valence-corrected chi connectivity index (χ1v) is 11.8. The molecule has 172 valence electrons. The number of anilines is 3. The second-order valence-electron chi connectivity index (χ2n) is 9.20. The fourth-order valence-corrected chi connectivity index (χ4v) is 4.62. The maximum Gasteiger partial charge on any atom is 0.282 e. The first-order valence-electron chi connectivity index (χ1n) is 11.8. The van der Waals surface area contributed by atoms with Crippen molar-refractivity contribution in [1.29, 1.82) is 0 Å². The zero-order valence-corrected chi connectivity index (χ0v) is 19.9. The van der Waals surface area contributed by atoms with Gasteiger partial charge in [0.25, 0.3) is 11.8 Å². The highest BCUT2D eigenvalue weighted by Crippen LogP contribution is 2.35. The van der Waals surface area contributed by atoms with E-state index in [4.69, 9.17) is 0 Å². The van der Waals surface area contributed by atoms with Gasteiger partial charge in [-0.1, -0.05) is 35.9 Å². The number of hydrogen-bond acceptors (Lipinski definition) is 4. The van der Waals surface area contributed by atoms with Gasteiger partial charge in [-0.2, -0.15) is 0 Å². The van der Waals surface area contributed by atoms with Crippen LogP contribution in [-0.2, 0) is 9.59 Å². The van der Waals surface area contributed by atoms with Crippen LogP contribution in [0.2, 0.25) is 0 Å².